The number of carbonyl (C=O) groups is 2. The number of nitrogens with one attached hydrogen (secondary N) is 2. The summed E-state index contributed by atoms with van der Waals surface area (Å²) in [5.74, 6) is -0.474. The third-order valence-corrected chi connectivity index (χ3v) is 6.64. The Morgan fingerprint density at radius 1 is 1.17 bits per heavy atom. The number of benzene rings is 1. The summed E-state index contributed by atoms with van der Waals surface area (Å²) in [6.45, 7) is 1.52. The van der Waals surface area contributed by atoms with Crippen molar-refractivity contribution in [1.29, 1.82) is 5.26 Å². The minimum atomic E-state index is -1.14. The van der Waals surface area contributed by atoms with Crippen LogP contribution in [0.1, 0.15) is 23.2 Å². The van der Waals surface area contributed by atoms with Crippen LogP contribution < -0.4 is 10.6 Å². The van der Waals surface area contributed by atoms with Crippen LogP contribution in [0.2, 0.25) is 0 Å². The Bertz CT molecular complexity index is 1310. The fraction of sp³-hybridized carbons (Fsp3) is 0.346. The highest BCUT2D eigenvalue weighted by molar-refractivity contribution is 6.13. The lowest BCUT2D eigenvalue weighted by atomic mass is 10.1. The number of nitriles is 1. The fourth-order valence-electron chi connectivity index (χ4n) is 4.90. The largest absolute Gasteiger partial charge is 0.380 e. The van der Waals surface area contributed by atoms with Gasteiger partial charge in [0, 0.05) is 49.0 Å². The van der Waals surface area contributed by atoms with E-state index < -0.39 is 12.2 Å². The number of likely N-dealkylation sites (tertiary alicyclic amines) is 2. The molecule has 2 aromatic heterocycles. The summed E-state index contributed by atoms with van der Waals surface area (Å²) < 4.78 is 13.7. The summed E-state index contributed by atoms with van der Waals surface area (Å²) in [7, 11) is 0. The topological polar surface area (TPSA) is 114 Å². The molecule has 4 heterocycles. The van der Waals surface area contributed by atoms with Gasteiger partial charge in [0.1, 0.15) is 12.2 Å². The number of halogens is 1. The van der Waals surface area contributed by atoms with Crippen molar-refractivity contribution >= 4 is 34.1 Å². The number of rotatable bonds is 6. The molecule has 36 heavy (non-hydrogen) atoms. The fourth-order valence-corrected chi connectivity index (χ4v) is 4.90. The van der Waals surface area contributed by atoms with Crippen LogP contribution in [0, 0.1) is 11.3 Å². The Morgan fingerprint density at radius 3 is 2.83 bits per heavy atom. The molecule has 2 fully saturated rings. The van der Waals surface area contributed by atoms with Gasteiger partial charge in [-0.2, -0.15) is 5.26 Å². The Balaban J connectivity index is 1.26. The van der Waals surface area contributed by atoms with E-state index in [4.69, 9.17) is 0 Å². The maximum absolute atomic E-state index is 13.7. The molecule has 0 unspecified atom stereocenters. The zero-order chi connectivity index (χ0) is 25.1. The summed E-state index contributed by atoms with van der Waals surface area (Å²) in [5, 5.41) is 16.4. The molecule has 3 aromatic rings. The molecule has 0 radical (unpaired) electrons. The van der Waals surface area contributed by atoms with Gasteiger partial charge in [0.05, 0.1) is 42.1 Å². The van der Waals surface area contributed by atoms with Gasteiger partial charge in [0.2, 0.25) is 5.91 Å². The molecule has 2 saturated heterocycles. The van der Waals surface area contributed by atoms with Gasteiger partial charge in [-0.25, -0.2) is 4.39 Å². The van der Waals surface area contributed by atoms with Crippen LogP contribution in [-0.2, 0) is 4.79 Å². The van der Waals surface area contributed by atoms with Gasteiger partial charge in [-0.1, -0.05) is 0 Å². The number of hydrogen-bond donors (Lipinski definition) is 2. The van der Waals surface area contributed by atoms with Gasteiger partial charge < -0.3 is 15.5 Å². The quantitative estimate of drug-likeness (QED) is 0.550. The molecule has 0 bridgehead atoms. The maximum atomic E-state index is 13.7. The molecular formula is C26H26FN7O2. The molecule has 2 aliphatic heterocycles. The number of aromatic nitrogens is 2. The van der Waals surface area contributed by atoms with Crippen LogP contribution in [0.5, 0.6) is 0 Å². The highest BCUT2D eigenvalue weighted by atomic mass is 19.1. The zero-order valence-corrected chi connectivity index (χ0v) is 19.6. The van der Waals surface area contributed by atoms with Crippen molar-refractivity contribution in [3.05, 3.63) is 60.6 Å². The summed E-state index contributed by atoms with van der Waals surface area (Å²) in [4.78, 5) is 37.5. The molecule has 2 aliphatic rings. The minimum Gasteiger partial charge on any atom is -0.380 e. The Labute approximate surface area is 207 Å². The van der Waals surface area contributed by atoms with E-state index in [1.54, 1.807) is 36.8 Å². The lowest BCUT2D eigenvalue weighted by Gasteiger charge is -2.23. The molecule has 2 amide bonds. The third kappa shape index (κ3) is 4.97. The SMILES string of the molecule is N#C[C@@H]1C[C@H](F)CN1C(=O)CN1CC[C@H](Nc2ccc(C(=O)Nc3cccnc3)c3ncccc23)C1. The molecule has 184 valence electrons. The van der Waals surface area contributed by atoms with Crippen molar-refractivity contribution in [2.24, 2.45) is 0 Å². The van der Waals surface area contributed by atoms with Crippen molar-refractivity contribution < 1.29 is 14.0 Å². The number of hydrogen-bond acceptors (Lipinski definition) is 7. The molecule has 0 aliphatic carbocycles. The van der Waals surface area contributed by atoms with E-state index in [0.717, 1.165) is 24.0 Å². The van der Waals surface area contributed by atoms with Crippen molar-refractivity contribution in [2.75, 3.05) is 36.8 Å². The first kappa shape index (κ1) is 23.6. The van der Waals surface area contributed by atoms with Crippen LogP contribution in [0.15, 0.2) is 55.0 Å². The lowest BCUT2D eigenvalue weighted by Crippen LogP contribution is -2.42. The molecule has 2 N–H and O–H groups in total. The van der Waals surface area contributed by atoms with Gasteiger partial charge >= 0.3 is 0 Å². The van der Waals surface area contributed by atoms with E-state index in [-0.39, 0.29) is 37.4 Å². The number of anilines is 2. The molecule has 1 aromatic carbocycles. The second-order valence-electron chi connectivity index (χ2n) is 9.15. The van der Waals surface area contributed by atoms with E-state index in [2.05, 4.69) is 20.6 Å². The number of pyridine rings is 2. The van der Waals surface area contributed by atoms with Crippen molar-refractivity contribution in [3.63, 3.8) is 0 Å². The smallest absolute Gasteiger partial charge is 0.257 e. The summed E-state index contributed by atoms with van der Waals surface area (Å²) in [6.07, 6.45) is 4.66. The molecule has 9 nitrogen and oxygen atoms in total. The molecule has 3 atom stereocenters. The van der Waals surface area contributed by atoms with Gasteiger partial charge in [-0.05, 0) is 42.8 Å². The predicted molar refractivity (Wildman–Crippen MR) is 133 cm³/mol. The van der Waals surface area contributed by atoms with Gasteiger partial charge in [0.25, 0.3) is 5.91 Å². The molecule has 5 rings (SSSR count). The Kier molecular flexibility index (Phi) is 6.73. The predicted octanol–water partition coefficient (Wildman–Crippen LogP) is 2.83. The van der Waals surface area contributed by atoms with Gasteiger partial charge in [-0.15, -0.1) is 0 Å². The van der Waals surface area contributed by atoms with Crippen LogP contribution in [0.3, 0.4) is 0 Å². The lowest BCUT2D eigenvalue weighted by molar-refractivity contribution is -0.132. The first-order valence-corrected chi connectivity index (χ1v) is 11.9. The monoisotopic (exact) mass is 487 g/mol. The van der Waals surface area contributed by atoms with Gasteiger partial charge in [-0.3, -0.25) is 24.5 Å². The van der Waals surface area contributed by atoms with Crippen LogP contribution in [-0.4, -0.2) is 76.0 Å². The van der Waals surface area contributed by atoms with Crippen LogP contribution >= 0.6 is 0 Å². The van der Waals surface area contributed by atoms with E-state index >= 15 is 0 Å². The Hall–Kier alpha value is -4.10. The van der Waals surface area contributed by atoms with Crippen molar-refractivity contribution in [1.82, 2.24) is 19.8 Å². The second kappa shape index (κ2) is 10.3. The number of nitrogens with zero attached hydrogens (tertiary/aromatic N) is 5. The highest BCUT2D eigenvalue weighted by Gasteiger charge is 2.36. The number of fused-ring (bicyclic) bond motifs is 1. The summed E-state index contributed by atoms with van der Waals surface area (Å²) in [5.41, 5.74) is 2.51. The average molecular weight is 488 g/mol. The minimum absolute atomic E-state index is 0.00766. The Morgan fingerprint density at radius 2 is 2.03 bits per heavy atom. The standard InChI is InChI=1S/C26H26FN7O2/c27-17-11-20(12-28)34(14-17)24(35)16-33-10-7-19(15-33)31-23-6-5-22(25-21(23)4-2-9-30-25)26(36)32-18-3-1-8-29-13-18/h1-6,8-9,13,17,19-20,31H,7,10-11,14-16H2,(H,32,36)/t17-,19-,20-/m0/s1. The van der Waals surface area contributed by atoms with Gasteiger partial charge in [0.15, 0.2) is 0 Å². The number of carbonyl (C=O) groups excluding carboxylic acids is 2. The van der Waals surface area contributed by atoms with Crippen molar-refractivity contribution in [2.45, 2.75) is 31.1 Å². The molecule has 0 saturated carbocycles. The first-order valence-electron chi connectivity index (χ1n) is 11.9. The molecule has 10 heteroatoms. The van der Waals surface area contributed by atoms with E-state index in [1.165, 1.54) is 4.90 Å². The highest BCUT2D eigenvalue weighted by Crippen LogP contribution is 2.28. The summed E-state index contributed by atoms with van der Waals surface area (Å²) in [6, 6.07) is 12.3. The van der Waals surface area contributed by atoms with Crippen LogP contribution in [0.25, 0.3) is 10.9 Å². The maximum Gasteiger partial charge on any atom is 0.257 e. The zero-order valence-electron chi connectivity index (χ0n) is 19.6. The molecule has 0 spiro atoms. The van der Waals surface area contributed by atoms with E-state index in [9.17, 15) is 19.2 Å². The van der Waals surface area contributed by atoms with E-state index in [0.29, 0.717) is 23.3 Å². The van der Waals surface area contributed by atoms with Crippen LogP contribution in [0.4, 0.5) is 15.8 Å². The second-order valence-corrected chi connectivity index (χ2v) is 9.15. The average Bonchev–Trinajstić information content (AvgIpc) is 3.50. The summed E-state index contributed by atoms with van der Waals surface area (Å²) >= 11 is 0. The third-order valence-electron chi connectivity index (χ3n) is 6.64. The molecular weight excluding hydrogens is 461 g/mol. The first-order chi connectivity index (χ1) is 17.5. The normalized spacial score (nSPS) is 21.9. The van der Waals surface area contributed by atoms with E-state index in [1.807, 2.05) is 29.2 Å². The van der Waals surface area contributed by atoms with Crippen molar-refractivity contribution in [3.8, 4) is 6.07 Å². The number of alkyl halides is 1. The number of amides is 2.